The second-order valence-corrected chi connectivity index (χ2v) is 13.2. The minimum absolute atomic E-state index is 0.0395. The van der Waals surface area contributed by atoms with Crippen molar-refractivity contribution >= 4 is 26.7 Å². The molecule has 0 aromatic heterocycles. The second kappa shape index (κ2) is 12.9. The van der Waals surface area contributed by atoms with E-state index >= 15 is 0 Å². The third kappa shape index (κ3) is 6.91. The molecular formula is C34H38N4O4S. The number of rotatable bonds is 9. The summed E-state index contributed by atoms with van der Waals surface area (Å²) in [6, 6.07) is 27.2. The van der Waals surface area contributed by atoms with E-state index in [4.69, 9.17) is 4.74 Å². The Balaban J connectivity index is 1.17. The molecule has 1 amide bonds. The molecule has 0 spiro atoms. The molecule has 0 aliphatic carbocycles. The minimum atomic E-state index is -3.94. The van der Waals surface area contributed by atoms with E-state index in [1.54, 1.807) is 18.2 Å². The van der Waals surface area contributed by atoms with Crippen molar-refractivity contribution < 1.29 is 17.9 Å². The van der Waals surface area contributed by atoms with Crippen LogP contribution in [0, 0.1) is 0 Å². The number of fused-ring (bicyclic) bond motifs is 2. The second-order valence-electron chi connectivity index (χ2n) is 11.5. The monoisotopic (exact) mass is 598 g/mol. The van der Waals surface area contributed by atoms with Gasteiger partial charge in [-0.05, 0) is 35.7 Å². The smallest absolute Gasteiger partial charge is 0.241 e. The van der Waals surface area contributed by atoms with E-state index in [9.17, 15) is 13.2 Å². The molecule has 43 heavy (non-hydrogen) atoms. The average molecular weight is 599 g/mol. The molecule has 224 valence electrons. The van der Waals surface area contributed by atoms with Crippen LogP contribution >= 0.6 is 0 Å². The van der Waals surface area contributed by atoms with Gasteiger partial charge in [0.15, 0.2) is 0 Å². The molecule has 2 atom stereocenters. The molecule has 2 N–H and O–H groups in total. The number of nitrogens with one attached hydrogen (secondary N) is 2. The highest BCUT2D eigenvalue weighted by molar-refractivity contribution is 7.89. The Labute approximate surface area is 253 Å². The Bertz CT molecular complexity index is 1680. The predicted molar refractivity (Wildman–Crippen MR) is 168 cm³/mol. The lowest BCUT2D eigenvalue weighted by atomic mass is 9.97. The molecule has 2 aliphatic heterocycles. The molecular weight excluding hydrogens is 560 g/mol. The van der Waals surface area contributed by atoms with Crippen LogP contribution in [0.3, 0.4) is 0 Å². The van der Waals surface area contributed by atoms with E-state index in [-0.39, 0.29) is 23.3 Å². The highest BCUT2D eigenvalue weighted by Crippen LogP contribution is 2.34. The SMILES string of the molecule is CN1CCN(Cc2ccc3c(c2)OCCC3NC(=O)CC(NS(=O)(=O)c2cccc3ccccc23)c2ccccc2)CC1. The van der Waals surface area contributed by atoms with E-state index in [2.05, 4.69) is 45.1 Å². The Morgan fingerprint density at radius 2 is 1.67 bits per heavy atom. The van der Waals surface area contributed by atoms with Crippen molar-refractivity contribution in [3.8, 4) is 5.75 Å². The number of likely N-dealkylation sites (N-methyl/N-ethyl adjacent to an activating group) is 1. The summed E-state index contributed by atoms with van der Waals surface area (Å²) in [4.78, 5) is 18.5. The van der Waals surface area contributed by atoms with Gasteiger partial charge in [-0.25, -0.2) is 13.1 Å². The number of ether oxygens (including phenoxy) is 1. The summed E-state index contributed by atoms with van der Waals surface area (Å²) in [5.41, 5.74) is 2.87. The van der Waals surface area contributed by atoms with Gasteiger partial charge in [-0.3, -0.25) is 9.69 Å². The van der Waals surface area contributed by atoms with Crippen LogP contribution in [0.5, 0.6) is 5.75 Å². The van der Waals surface area contributed by atoms with Gasteiger partial charge in [0, 0.05) is 56.5 Å². The Morgan fingerprint density at radius 3 is 2.49 bits per heavy atom. The van der Waals surface area contributed by atoms with Gasteiger partial charge < -0.3 is 15.0 Å². The van der Waals surface area contributed by atoms with Crippen LogP contribution in [-0.4, -0.2) is 64.0 Å². The van der Waals surface area contributed by atoms with Crippen LogP contribution in [-0.2, 0) is 21.4 Å². The maximum atomic E-state index is 13.7. The average Bonchev–Trinajstić information content (AvgIpc) is 3.02. The maximum Gasteiger partial charge on any atom is 0.241 e. The molecule has 1 fully saturated rings. The number of benzene rings is 4. The van der Waals surface area contributed by atoms with Gasteiger partial charge in [-0.1, -0.05) is 78.9 Å². The fourth-order valence-electron chi connectivity index (χ4n) is 5.98. The van der Waals surface area contributed by atoms with Gasteiger partial charge in [0.05, 0.1) is 23.6 Å². The fourth-order valence-corrected chi connectivity index (χ4v) is 7.43. The zero-order valence-corrected chi connectivity index (χ0v) is 25.2. The van der Waals surface area contributed by atoms with Crippen LogP contribution in [0.1, 0.15) is 41.6 Å². The molecule has 1 saturated heterocycles. The molecule has 4 aromatic rings. The van der Waals surface area contributed by atoms with E-state index in [1.165, 1.54) is 5.56 Å². The summed E-state index contributed by atoms with van der Waals surface area (Å²) in [5.74, 6) is 0.577. The van der Waals surface area contributed by atoms with Crippen LogP contribution in [0.15, 0.2) is 95.9 Å². The summed E-state index contributed by atoms with van der Waals surface area (Å²) >= 11 is 0. The first-order valence-corrected chi connectivity index (χ1v) is 16.3. The first-order chi connectivity index (χ1) is 20.9. The van der Waals surface area contributed by atoms with Gasteiger partial charge in [0.25, 0.3) is 0 Å². The van der Waals surface area contributed by atoms with E-state index in [0.29, 0.717) is 18.4 Å². The van der Waals surface area contributed by atoms with Crippen LogP contribution in [0.2, 0.25) is 0 Å². The highest BCUT2D eigenvalue weighted by Gasteiger charge is 2.28. The largest absolute Gasteiger partial charge is 0.493 e. The van der Waals surface area contributed by atoms with Gasteiger partial charge >= 0.3 is 0 Å². The molecule has 2 heterocycles. The van der Waals surface area contributed by atoms with Crippen molar-refractivity contribution in [1.29, 1.82) is 0 Å². The molecule has 2 unspecified atom stereocenters. The summed E-state index contributed by atoms with van der Waals surface area (Å²) in [7, 11) is -1.79. The zero-order valence-electron chi connectivity index (χ0n) is 24.4. The number of carbonyl (C=O) groups is 1. The van der Waals surface area contributed by atoms with Gasteiger partial charge in [0.1, 0.15) is 5.75 Å². The number of carbonyl (C=O) groups excluding carboxylic acids is 1. The molecule has 4 aromatic carbocycles. The minimum Gasteiger partial charge on any atom is -0.493 e. The summed E-state index contributed by atoms with van der Waals surface area (Å²) in [6.07, 6.45) is 0.608. The molecule has 0 saturated carbocycles. The number of hydrogen-bond donors (Lipinski definition) is 2. The zero-order chi connectivity index (χ0) is 29.8. The van der Waals surface area contributed by atoms with Crippen molar-refractivity contribution in [2.45, 2.75) is 36.4 Å². The quantitative estimate of drug-likeness (QED) is 0.292. The lowest BCUT2D eigenvalue weighted by Gasteiger charge is -2.33. The number of nitrogens with zero attached hydrogens (tertiary/aromatic N) is 2. The third-order valence-corrected chi connectivity index (χ3v) is 9.91. The number of piperazine rings is 1. The van der Waals surface area contributed by atoms with Crippen LogP contribution in [0.4, 0.5) is 0 Å². The first-order valence-electron chi connectivity index (χ1n) is 14.9. The Hall–Kier alpha value is -3.76. The van der Waals surface area contributed by atoms with Crippen molar-refractivity contribution in [2.75, 3.05) is 39.8 Å². The Morgan fingerprint density at radius 1 is 0.930 bits per heavy atom. The number of sulfonamides is 1. The molecule has 6 rings (SSSR count). The van der Waals surface area contributed by atoms with Crippen LogP contribution < -0.4 is 14.8 Å². The van der Waals surface area contributed by atoms with E-state index < -0.39 is 16.1 Å². The van der Waals surface area contributed by atoms with Crippen molar-refractivity contribution in [1.82, 2.24) is 19.8 Å². The van der Waals surface area contributed by atoms with E-state index in [0.717, 1.165) is 55.0 Å². The topological polar surface area (TPSA) is 91.0 Å². The number of hydrogen-bond acceptors (Lipinski definition) is 6. The van der Waals surface area contributed by atoms with Crippen molar-refractivity contribution in [2.24, 2.45) is 0 Å². The van der Waals surface area contributed by atoms with Crippen molar-refractivity contribution in [3.05, 3.63) is 108 Å². The first kappa shape index (κ1) is 29.3. The van der Waals surface area contributed by atoms with Crippen molar-refractivity contribution in [3.63, 3.8) is 0 Å². The highest BCUT2D eigenvalue weighted by atomic mass is 32.2. The summed E-state index contributed by atoms with van der Waals surface area (Å²) in [6.45, 7) is 5.60. The van der Waals surface area contributed by atoms with E-state index in [1.807, 2.05) is 54.6 Å². The normalized spacial score (nSPS) is 18.5. The standard InChI is InChI=1S/C34H38N4O4S/c1-37-17-19-38(20-18-37)24-25-14-15-29-30(16-21-42-32(29)22-25)35-34(39)23-31(27-9-3-2-4-10-27)36-43(40,41)33-13-7-11-26-8-5-6-12-28(26)33/h2-15,22,30-31,36H,16-21,23-24H2,1H3,(H,35,39). The number of amides is 1. The van der Waals surface area contributed by atoms with Gasteiger partial charge in [-0.15, -0.1) is 0 Å². The summed E-state index contributed by atoms with van der Waals surface area (Å²) in [5, 5.41) is 4.64. The lowest BCUT2D eigenvalue weighted by molar-refractivity contribution is -0.122. The third-order valence-electron chi connectivity index (χ3n) is 8.38. The molecule has 0 bridgehead atoms. The maximum absolute atomic E-state index is 13.7. The lowest BCUT2D eigenvalue weighted by Crippen LogP contribution is -2.43. The van der Waals surface area contributed by atoms with Gasteiger partial charge in [-0.2, -0.15) is 0 Å². The fraction of sp³-hybridized carbons (Fsp3) is 0.324. The summed E-state index contributed by atoms with van der Waals surface area (Å²) < 4.78 is 36.2. The molecule has 8 nitrogen and oxygen atoms in total. The Kier molecular flexibility index (Phi) is 8.76. The van der Waals surface area contributed by atoms with Crippen LogP contribution in [0.25, 0.3) is 10.8 Å². The molecule has 9 heteroatoms. The molecule has 2 aliphatic rings. The predicted octanol–water partition coefficient (Wildman–Crippen LogP) is 4.64. The van der Waals surface area contributed by atoms with Gasteiger partial charge in [0.2, 0.25) is 15.9 Å². The molecule has 0 radical (unpaired) electrons.